The summed E-state index contributed by atoms with van der Waals surface area (Å²) in [7, 11) is 1.65. The predicted molar refractivity (Wildman–Crippen MR) is 135 cm³/mol. The number of aliphatic hydroxyl groups excluding tert-OH is 1. The largest absolute Gasteiger partial charge is 0.390 e. The summed E-state index contributed by atoms with van der Waals surface area (Å²) in [4.78, 5) is 24.4. The first-order valence-corrected chi connectivity index (χ1v) is 11.8. The van der Waals surface area contributed by atoms with E-state index >= 15 is 0 Å². The lowest BCUT2D eigenvalue weighted by molar-refractivity contribution is -0.114. The van der Waals surface area contributed by atoms with E-state index in [1.807, 2.05) is 18.2 Å². The molecule has 9 heteroatoms. The van der Waals surface area contributed by atoms with Gasteiger partial charge in [-0.05, 0) is 47.7 Å². The molecule has 0 saturated heterocycles. The molecule has 1 heterocycles. The van der Waals surface area contributed by atoms with Crippen LogP contribution in [0.4, 0.5) is 14.5 Å². The highest BCUT2D eigenvalue weighted by Gasteiger charge is 2.24. The van der Waals surface area contributed by atoms with Gasteiger partial charge in [-0.15, -0.1) is 0 Å². The number of aliphatic hydroxyl groups is 1. The van der Waals surface area contributed by atoms with E-state index in [2.05, 4.69) is 28.9 Å². The van der Waals surface area contributed by atoms with E-state index in [-0.39, 0.29) is 24.6 Å². The van der Waals surface area contributed by atoms with Crippen LogP contribution in [0.25, 0.3) is 0 Å². The molecule has 7 nitrogen and oxygen atoms in total. The molecule has 2 amide bonds. The molecule has 2 atom stereocenters. The third kappa shape index (κ3) is 7.73. The number of aryl methyl sites for hydroxylation is 2. The number of hydrogen-bond donors (Lipinski definition) is 4. The van der Waals surface area contributed by atoms with E-state index in [4.69, 9.17) is 0 Å². The van der Waals surface area contributed by atoms with Crippen molar-refractivity contribution in [2.75, 3.05) is 11.9 Å². The Morgan fingerprint density at radius 2 is 1.72 bits per heavy atom. The molecule has 4 N–H and O–H groups in total. The molecule has 3 rings (SSSR count). The molecule has 1 aromatic heterocycles. The van der Waals surface area contributed by atoms with Crippen molar-refractivity contribution in [1.82, 2.24) is 15.2 Å². The van der Waals surface area contributed by atoms with Gasteiger partial charge in [0.25, 0.3) is 5.91 Å². The number of nitrogens with one attached hydrogen (secondary N) is 3. The van der Waals surface area contributed by atoms with Crippen LogP contribution in [0.3, 0.4) is 0 Å². The van der Waals surface area contributed by atoms with Gasteiger partial charge in [-0.3, -0.25) is 9.59 Å². The average molecular weight is 499 g/mol. The van der Waals surface area contributed by atoms with Gasteiger partial charge in [0.05, 0.1) is 17.8 Å². The molecule has 0 aliphatic heterocycles. The number of hydrogen-bond acceptors (Lipinski definition) is 4. The van der Waals surface area contributed by atoms with Crippen LogP contribution in [-0.2, 0) is 31.2 Å². The van der Waals surface area contributed by atoms with Gasteiger partial charge in [0.2, 0.25) is 5.91 Å². The van der Waals surface area contributed by atoms with Gasteiger partial charge in [0.1, 0.15) is 17.3 Å². The highest BCUT2D eigenvalue weighted by atomic mass is 19.1. The Labute approximate surface area is 209 Å². The fraction of sp³-hybridized carbons (Fsp3) is 0.333. The van der Waals surface area contributed by atoms with Crippen molar-refractivity contribution in [1.29, 1.82) is 0 Å². The van der Waals surface area contributed by atoms with E-state index in [1.54, 1.807) is 17.8 Å². The molecule has 2 aromatic carbocycles. The van der Waals surface area contributed by atoms with E-state index in [0.29, 0.717) is 17.8 Å². The molecule has 0 unspecified atom stereocenters. The summed E-state index contributed by atoms with van der Waals surface area (Å²) in [5, 5.41) is 19.5. The van der Waals surface area contributed by atoms with E-state index < -0.39 is 29.7 Å². The van der Waals surface area contributed by atoms with E-state index in [1.165, 1.54) is 30.7 Å². The molecular weight excluding hydrogens is 466 g/mol. The standard InChI is InChI=1S/C27H32F2N4O3/c1-4-18-6-5-7-19(8-18)14-30-15-26(35)24(11-20-9-21(28)12-22(29)10-20)32-27(36)25-13-23(16-33(25)3)31-17(2)34/h5-10,12-13,16,24,26,30,35H,4,11,14-15H2,1-3H3,(H,31,34)(H,32,36)/t24-,26-/m0/s1. The van der Waals surface area contributed by atoms with Crippen molar-refractivity contribution in [2.45, 2.75) is 45.4 Å². The topological polar surface area (TPSA) is 95.4 Å². The zero-order valence-corrected chi connectivity index (χ0v) is 20.6. The molecule has 0 fully saturated rings. The van der Waals surface area contributed by atoms with Crippen LogP contribution in [0, 0.1) is 11.6 Å². The molecule has 0 bridgehead atoms. The number of carbonyl (C=O) groups excluding carboxylic acids is 2. The summed E-state index contributed by atoms with van der Waals surface area (Å²) in [6.07, 6.45) is 1.47. The molecule has 0 saturated carbocycles. The maximum Gasteiger partial charge on any atom is 0.268 e. The predicted octanol–water partition coefficient (Wildman–Crippen LogP) is 3.32. The van der Waals surface area contributed by atoms with Crippen LogP contribution >= 0.6 is 0 Å². The Balaban J connectivity index is 1.74. The van der Waals surface area contributed by atoms with E-state index in [9.17, 15) is 23.5 Å². The third-order valence-electron chi connectivity index (χ3n) is 5.80. The third-order valence-corrected chi connectivity index (χ3v) is 5.80. The van der Waals surface area contributed by atoms with Gasteiger partial charge >= 0.3 is 0 Å². The number of aromatic nitrogens is 1. The Morgan fingerprint density at radius 3 is 2.39 bits per heavy atom. The summed E-state index contributed by atoms with van der Waals surface area (Å²) in [5.41, 5.74) is 3.28. The van der Waals surface area contributed by atoms with Gasteiger partial charge in [-0.2, -0.15) is 0 Å². The highest BCUT2D eigenvalue weighted by molar-refractivity contribution is 5.96. The zero-order chi connectivity index (χ0) is 26.2. The fourth-order valence-electron chi connectivity index (χ4n) is 4.04. The number of benzene rings is 2. The smallest absolute Gasteiger partial charge is 0.268 e. The molecular formula is C27H32F2N4O3. The number of anilines is 1. The number of carbonyl (C=O) groups is 2. The van der Waals surface area contributed by atoms with Gasteiger partial charge < -0.3 is 25.6 Å². The zero-order valence-electron chi connectivity index (χ0n) is 20.6. The van der Waals surface area contributed by atoms with Crippen LogP contribution in [0.1, 0.15) is 41.0 Å². The second-order valence-electron chi connectivity index (χ2n) is 8.84. The van der Waals surface area contributed by atoms with Crippen molar-refractivity contribution in [3.8, 4) is 0 Å². The van der Waals surface area contributed by atoms with Crippen molar-refractivity contribution in [3.63, 3.8) is 0 Å². The van der Waals surface area contributed by atoms with Crippen LogP contribution in [-0.4, -0.2) is 40.2 Å². The Bertz CT molecular complexity index is 1190. The first kappa shape index (κ1) is 27.0. The minimum Gasteiger partial charge on any atom is -0.390 e. The number of nitrogens with zero attached hydrogens (tertiary/aromatic N) is 1. The Kier molecular flexibility index (Phi) is 9.32. The SMILES string of the molecule is CCc1cccc(CNC[C@H](O)[C@H](Cc2cc(F)cc(F)c2)NC(=O)c2cc(NC(C)=O)cn2C)c1. The van der Waals surface area contributed by atoms with Crippen molar-refractivity contribution in [2.24, 2.45) is 7.05 Å². The van der Waals surface area contributed by atoms with Crippen LogP contribution in [0.2, 0.25) is 0 Å². The second-order valence-corrected chi connectivity index (χ2v) is 8.84. The molecule has 0 aliphatic carbocycles. The minimum atomic E-state index is -1.05. The maximum atomic E-state index is 13.8. The average Bonchev–Trinajstić information content (AvgIpc) is 3.17. The van der Waals surface area contributed by atoms with Crippen molar-refractivity contribution < 1.29 is 23.5 Å². The van der Waals surface area contributed by atoms with Gasteiger partial charge in [0, 0.05) is 39.3 Å². The second kappa shape index (κ2) is 12.4. The first-order valence-electron chi connectivity index (χ1n) is 11.8. The molecule has 0 radical (unpaired) electrons. The minimum absolute atomic E-state index is 0.0115. The quantitative estimate of drug-likeness (QED) is 0.326. The van der Waals surface area contributed by atoms with Crippen molar-refractivity contribution >= 4 is 17.5 Å². The normalized spacial score (nSPS) is 12.7. The Morgan fingerprint density at radius 1 is 1.03 bits per heavy atom. The first-order chi connectivity index (χ1) is 17.1. The molecule has 192 valence electrons. The summed E-state index contributed by atoms with van der Waals surface area (Å²) >= 11 is 0. The summed E-state index contributed by atoms with van der Waals surface area (Å²) in [6, 6.07) is 11.9. The highest BCUT2D eigenvalue weighted by Crippen LogP contribution is 2.16. The van der Waals surface area contributed by atoms with Gasteiger partial charge in [0.15, 0.2) is 0 Å². The lowest BCUT2D eigenvalue weighted by Gasteiger charge is -2.25. The number of rotatable bonds is 11. The Hall–Kier alpha value is -3.56. The lowest BCUT2D eigenvalue weighted by Crippen LogP contribution is -2.49. The van der Waals surface area contributed by atoms with Gasteiger partial charge in [-0.25, -0.2) is 8.78 Å². The maximum absolute atomic E-state index is 13.8. The van der Waals surface area contributed by atoms with Gasteiger partial charge in [-0.1, -0.05) is 31.2 Å². The van der Waals surface area contributed by atoms with E-state index in [0.717, 1.165) is 18.1 Å². The van der Waals surface area contributed by atoms with Crippen LogP contribution in [0.15, 0.2) is 54.7 Å². The summed E-state index contributed by atoms with van der Waals surface area (Å²) in [5.74, 6) is -2.24. The monoisotopic (exact) mass is 498 g/mol. The fourth-order valence-corrected chi connectivity index (χ4v) is 4.04. The molecule has 0 spiro atoms. The van der Waals surface area contributed by atoms with Crippen molar-refractivity contribution in [3.05, 3.63) is 88.7 Å². The van der Waals surface area contributed by atoms with Crippen LogP contribution < -0.4 is 16.0 Å². The van der Waals surface area contributed by atoms with Crippen LogP contribution in [0.5, 0.6) is 0 Å². The summed E-state index contributed by atoms with van der Waals surface area (Å²) in [6.45, 7) is 4.09. The number of amides is 2. The lowest BCUT2D eigenvalue weighted by atomic mass is 10.00. The molecule has 36 heavy (non-hydrogen) atoms. The summed E-state index contributed by atoms with van der Waals surface area (Å²) < 4.78 is 29.1. The molecule has 0 aliphatic rings. The molecule has 3 aromatic rings. The number of halogens is 2.